The van der Waals surface area contributed by atoms with Crippen molar-refractivity contribution in [2.24, 2.45) is 0 Å². The van der Waals surface area contributed by atoms with E-state index in [0.717, 1.165) is 12.8 Å². The van der Waals surface area contributed by atoms with Gasteiger partial charge in [0.2, 0.25) is 0 Å². The minimum atomic E-state index is 1.12. The van der Waals surface area contributed by atoms with Crippen LogP contribution in [0.4, 0.5) is 0 Å². The Balaban J connectivity index is 2.12. The minimum absolute atomic E-state index is 1.12. The van der Waals surface area contributed by atoms with Crippen molar-refractivity contribution in [2.75, 3.05) is 0 Å². The fourth-order valence-corrected chi connectivity index (χ4v) is 1.86. The highest BCUT2D eigenvalue weighted by Crippen LogP contribution is 2.11. The first-order chi connectivity index (χ1) is 7.00. The molecule has 1 aliphatic rings. The molecule has 0 heterocycles. The molecule has 0 spiro atoms. The van der Waals surface area contributed by atoms with Crippen LogP contribution in [0.15, 0.2) is 0 Å². The molecule has 1 rings (SSSR count). The van der Waals surface area contributed by atoms with E-state index >= 15 is 0 Å². The lowest BCUT2D eigenvalue weighted by molar-refractivity contribution is 0.604. The summed E-state index contributed by atoms with van der Waals surface area (Å²) in [5.41, 5.74) is 0. The van der Waals surface area contributed by atoms with Gasteiger partial charge in [0.1, 0.15) is 0 Å². The van der Waals surface area contributed by atoms with Crippen molar-refractivity contribution < 1.29 is 0 Å². The second kappa shape index (κ2) is 9.13. The lowest BCUT2D eigenvalue weighted by Crippen LogP contribution is -1.84. The average Bonchev–Trinajstić information content (AvgIpc) is 2.22. The van der Waals surface area contributed by atoms with Gasteiger partial charge in [-0.2, -0.15) is 0 Å². The zero-order valence-electron chi connectivity index (χ0n) is 9.36. The van der Waals surface area contributed by atoms with Crippen molar-refractivity contribution in [3.8, 4) is 11.8 Å². The van der Waals surface area contributed by atoms with E-state index < -0.39 is 0 Å². The molecule has 0 nitrogen and oxygen atoms in total. The molecule has 0 bridgehead atoms. The third-order valence-electron chi connectivity index (χ3n) is 2.80. The van der Waals surface area contributed by atoms with E-state index in [-0.39, 0.29) is 0 Å². The van der Waals surface area contributed by atoms with Gasteiger partial charge in [-0.1, -0.05) is 44.9 Å². The van der Waals surface area contributed by atoms with Gasteiger partial charge in [0.05, 0.1) is 0 Å². The summed E-state index contributed by atoms with van der Waals surface area (Å²) in [4.78, 5) is 0. The van der Waals surface area contributed by atoms with Crippen molar-refractivity contribution in [1.29, 1.82) is 0 Å². The summed E-state index contributed by atoms with van der Waals surface area (Å²) in [5.74, 6) is 6.55. The molecule has 0 aromatic heterocycles. The van der Waals surface area contributed by atoms with Gasteiger partial charge >= 0.3 is 0 Å². The highest BCUT2D eigenvalue weighted by atomic mass is 14.0. The van der Waals surface area contributed by atoms with Crippen molar-refractivity contribution in [3.63, 3.8) is 0 Å². The molecule has 1 aliphatic carbocycles. The predicted octanol–water partition coefficient (Wildman–Crippen LogP) is 4.50. The Morgan fingerprint density at radius 2 is 1.07 bits per heavy atom. The third kappa shape index (κ3) is 7.01. The molecular weight excluding hydrogens is 168 g/mol. The van der Waals surface area contributed by atoms with Crippen molar-refractivity contribution in [3.05, 3.63) is 6.42 Å². The van der Waals surface area contributed by atoms with Gasteiger partial charge in [-0.05, 0) is 19.3 Å². The van der Waals surface area contributed by atoms with Crippen LogP contribution >= 0.6 is 0 Å². The van der Waals surface area contributed by atoms with E-state index in [0.29, 0.717) is 0 Å². The number of rotatable bonds is 0. The zero-order chi connectivity index (χ0) is 9.90. The molecule has 1 radical (unpaired) electrons. The van der Waals surface area contributed by atoms with Crippen LogP contribution in [0.3, 0.4) is 0 Å². The first-order valence-electron chi connectivity index (χ1n) is 6.27. The van der Waals surface area contributed by atoms with E-state index in [9.17, 15) is 0 Å². The second-order valence-electron chi connectivity index (χ2n) is 4.19. The van der Waals surface area contributed by atoms with Crippen LogP contribution in [-0.2, 0) is 0 Å². The third-order valence-corrected chi connectivity index (χ3v) is 2.80. The maximum Gasteiger partial charge on any atom is 0.00886 e. The number of hydrogen-bond donors (Lipinski definition) is 0. The maximum atomic E-state index is 3.28. The van der Waals surface area contributed by atoms with E-state index in [1.165, 1.54) is 57.8 Å². The average molecular weight is 191 g/mol. The lowest BCUT2D eigenvalue weighted by Gasteiger charge is -2.01. The Kier molecular flexibility index (Phi) is 7.59. The second-order valence-corrected chi connectivity index (χ2v) is 4.19. The Morgan fingerprint density at radius 3 is 1.86 bits per heavy atom. The Hall–Kier alpha value is -0.440. The SMILES string of the molecule is C1#CCCCCCCC[CH]CCCC1. The first kappa shape index (κ1) is 11.6. The largest absolute Gasteiger partial charge is 0.103 e. The summed E-state index contributed by atoms with van der Waals surface area (Å²) in [5, 5.41) is 0. The Morgan fingerprint density at radius 1 is 0.571 bits per heavy atom. The van der Waals surface area contributed by atoms with Crippen molar-refractivity contribution in [2.45, 2.75) is 70.6 Å². The minimum Gasteiger partial charge on any atom is -0.103 e. The van der Waals surface area contributed by atoms with Crippen LogP contribution in [0.25, 0.3) is 0 Å². The fraction of sp³-hybridized carbons (Fsp3) is 0.786. The summed E-state index contributed by atoms with van der Waals surface area (Å²) >= 11 is 0. The van der Waals surface area contributed by atoms with Gasteiger partial charge in [-0.3, -0.25) is 0 Å². The van der Waals surface area contributed by atoms with Crippen molar-refractivity contribution in [1.82, 2.24) is 0 Å². The highest BCUT2D eigenvalue weighted by Gasteiger charge is 1.93. The molecule has 0 fully saturated rings. The molecule has 0 aromatic rings. The van der Waals surface area contributed by atoms with Gasteiger partial charge in [-0.15, -0.1) is 11.8 Å². The fourth-order valence-electron chi connectivity index (χ4n) is 1.86. The molecular formula is C14H23. The monoisotopic (exact) mass is 191 g/mol. The van der Waals surface area contributed by atoms with E-state index in [4.69, 9.17) is 0 Å². The molecule has 14 heavy (non-hydrogen) atoms. The molecule has 0 saturated heterocycles. The molecule has 0 saturated carbocycles. The van der Waals surface area contributed by atoms with Crippen LogP contribution in [0.5, 0.6) is 0 Å². The molecule has 0 aromatic carbocycles. The molecule has 0 unspecified atom stereocenters. The van der Waals surface area contributed by atoms with Crippen LogP contribution in [0.1, 0.15) is 70.6 Å². The molecule has 0 heteroatoms. The summed E-state index contributed by atoms with van der Waals surface area (Å²) in [6.07, 6.45) is 16.9. The van der Waals surface area contributed by atoms with E-state index in [2.05, 4.69) is 18.3 Å². The van der Waals surface area contributed by atoms with Crippen LogP contribution in [-0.4, -0.2) is 0 Å². The molecule has 0 aliphatic heterocycles. The maximum absolute atomic E-state index is 3.28. The summed E-state index contributed by atoms with van der Waals surface area (Å²) in [6, 6.07) is 0. The Labute approximate surface area is 89.5 Å². The molecule has 0 amide bonds. The van der Waals surface area contributed by atoms with Gasteiger partial charge in [0.15, 0.2) is 0 Å². The first-order valence-corrected chi connectivity index (χ1v) is 6.27. The zero-order valence-corrected chi connectivity index (χ0v) is 9.36. The molecule has 0 N–H and O–H groups in total. The number of hydrogen-bond acceptors (Lipinski definition) is 0. The van der Waals surface area contributed by atoms with Gasteiger partial charge in [0.25, 0.3) is 0 Å². The van der Waals surface area contributed by atoms with E-state index in [1.54, 1.807) is 0 Å². The van der Waals surface area contributed by atoms with Crippen LogP contribution < -0.4 is 0 Å². The molecule has 0 atom stereocenters. The Bertz CT molecular complexity index is 152. The van der Waals surface area contributed by atoms with Gasteiger partial charge in [0, 0.05) is 12.8 Å². The van der Waals surface area contributed by atoms with Gasteiger partial charge in [-0.25, -0.2) is 0 Å². The topological polar surface area (TPSA) is 0 Å². The van der Waals surface area contributed by atoms with Crippen LogP contribution in [0, 0.1) is 18.3 Å². The van der Waals surface area contributed by atoms with Gasteiger partial charge < -0.3 is 0 Å². The quantitative estimate of drug-likeness (QED) is 0.495. The summed E-state index contributed by atoms with van der Waals surface area (Å²) in [6.45, 7) is 0. The van der Waals surface area contributed by atoms with Crippen LogP contribution in [0.2, 0.25) is 0 Å². The summed E-state index contributed by atoms with van der Waals surface area (Å²) in [7, 11) is 0. The van der Waals surface area contributed by atoms with E-state index in [1.807, 2.05) is 0 Å². The molecule has 79 valence electrons. The standard InChI is InChI=1S/C14H23/c1-2-4-6-8-10-12-14-13-11-9-7-5-3-1/h1H,2-10,12,14H2. The summed E-state index contributed by atoms with van der Waals surface area (Å²) < 4.78 is 0. The predicted molar refractivity (Wildman–Crippen MR) is 62.9 cm³/mol. The smallest absolute Gasteiger partial charge is 0.00886 e. The highest BCUT2D eigenvalue weighted by molar-refractivity contribution is 4.98. The lowest BCUT2D eigenvalue weighted by atomic mass is 10.0. The van der Waals surface area contributed by atoms with Crippen molar-refractivity contribution >= 4 is 0 Å². The normalized spacial score (nSPS) is 21.7.